The summed E-state index contributed by atoms with van der Waals surface area (Å²) in [4.78, 5) is 12.3. The highest BCUT2D eigenvalue weighted by Crippen LogP contribution is 2.32. The maximum atomic E-state index is 12.3. The van der Waals surface area contributed by atoms with Crippen LogP contribution in [0.1, 0.15) is 43.0 Å². The van der Waals surface area contributed by atoms with Crippen LogP contribution >= 0.6 is 23.2 Å². The van der Waals surface area contributed by atoms with Crippen LogP contribution in [0.15, 0.2) is 18.2 Å². The number of carbonyl (C=O) groups is 1. The van der Waals surface area contributed by atoms with Crippen molar-refractivity contribution in [3.8, 4) is 6.07 Å². The van der Waals surface area contributed by atoms with Gasteiger partial charge in [0.1, 0.15) is 5.54 Å². The monoisotopic (exact) mass is 310 g/mol. The van der Waals surface area contributed by atoms with Gasteiger partial charge in [0.15, 0.2) is 0 Å². The Labute approximate surface area is 128 Å². The van der Waals surface area contributed by atoms with Gasteiger partial charge in [0.25, 0.3) is 5.91 Å². The molecule has 5 heteroatoms. The Morgan fingerprint density at radius 2 is 2.05 bits per heavy atom. The molecule has 1 aromatic rings. The van der Waals surface area contributed by atoms with Gasteiger partial charge in [-0.2, -0.15) is 5.26 Å². The lowest BCUT2D eigenvalue weighted by Crippen LogP contribution is -2.49. The van der Waals surface area contributed by atoms with E-state index in [1.54, 1.807) is 12.1 Å². The molecule has 0 atom stereocenters. The number of amides is 1. The molecule has 1 aliphatic rings. The zero-order valence-electron chi connectivity index (χ0n) is 11.2. The van der Waals surface area contributed by atoms with Crippen LogP contribution in [0.4, 0.5) is 0 Å². The molecule has 1 aliphatic carbocycles. The van der Waals surface area contributed by atoms with E-state index >= 15 is 0 Å². The Morgan fingerprint density at radius 3 is 2.60 bits per heavy atom. The van der Waals surface area contributed by atoms with Crippen molar-refractivity contribution in [2.75, 3.05) is 0 Å². The summed E-state index contributed by atoms with van der Waals surface area (Å²) in [6.45, 7) is 2.17. The first-order chi connectivity index (χ1) is 9.46. The minimum Gasteiger partial charge on any atom is -0.334 e. The van der Waals surface area contributed by atoms with E-state index in [2.05, 4.69) is 18.3 Å². The predicted octanol–water partition coefficient (Wildman–Crippen LogP) is 4.20. The molecule has 0 aromatic heterocycles. The van der Waals surface area contributed by atoms with Crippen LogP contribution in [-0.4, -0.2) is 11.4 Å². The van der Waals surface area contributed by atoms with E-state index in [1.807, 2.05) is 0 Å². The average molecular weight is 311 g/mol. The fourth-order valence-electron chi connectivity index (χ4n) is 2.48. The summed E-state index contributed by atoms with van der Waals surface area (Å²) < 4.78 is 0. The van der Waals surface area contributed by atoms with Crippen molar-refractivity contribution < 1.29 is 4.79 Å². The topological polar surface area (TPSA) is 52.9 Å². The molecule has 2 rings (SSSR count). The van der Waals surface area contributed by atoms with Crippen LogP contribution in [0.5, 0.6) is 0 Å². The van der Waals surface area contributed by atoms with E-state index < -0.39 is 5.54 Å². The van der Waals surface area contributed by atoms with E-state index in [1.165, 1.54) is 6.07 Å². The van der Waals surface area contributed by atoms with Crippen LogP contribution in [0, 0.1) is 17.2 Å². The molecule has 0 unspecified atom stereocenters. The van der Waals surface area contributed by atoms with Crippen molar-refractivity contribution in [2.45, 2.75) is 38.1 Å². The number of hydrogen-bond donors (Lipinski definition) is 1. The minimum absolute atomic E-state index is 0.298. The molecular weight excluding hydrogens is 295 g/mol. The standard InChI is InChI=1S/C15H16Cl2N2O/c1-10-4-6-15(9-18,7-5-10)19-14(20)12-3-2-11(16)8-13(12)17/h2-3,8,10H,4-7H2,1H3,(H,19,20). The SMILES string of the molecule is CC1CCC(C#N)(NC(=O)c2ccc(Cl)cc2Cl)CC1. The number of benzene rings is 1. The number of nitrogens with one attached hydrogen (secondary N) is 1. The van der Waals surface area contributed by atoms with E-state index in [0.717, 1.165) is 12.8 Å². The zero-order chi connectivity index (χ0) is 14.8. The molecule has 0 spiro atoms. The Morgan fingerprint density at radius 1 is 1.40 bits per heavy atom. The minimum atomic E-state index is -0.771. The van der Waals surface area contributed by atoms with Crippen LogP contribution in [0.3, 0.4) is 0 Å². The smallest absolute Gasteiger partial charge is 0.254 e. The first kappa shape index (κ1) is 15.2. The van der Waals surface area contributed by atoms with E-state index in [4.69, 9.17) is 23.2 Å². The molecule has 0 aliphatic heterocycles. The number of halogens is 2. The molecule has 0 saturated heterocycles. The Balaban J connectivity index is 2.16. The van der Waals surface area contributed by atoms with Gasteiger partial charge >= 0.3 is 0 Å². The zero-order valence-corrected chi connectivity index (χ0v) is 12.8. The molecule has 0 bridgehead atoms. The molecule has 1 aromatic carbocycles. The van der Waals surface area contributed by atoms with Crippen molar-refractivity contribution in [2.24, 2.45) is 5.92 Å². The average Bonchev–Trinajstić information content (AvgIpc) is 2.41. The predicted molar refractivity (Wildman–Crippen MR) is 79.9 cm³/mol. The summed E-state index contributed by atoms with van der Waals surface area (Å²) >= 11 is 11.8. The second kappa shape index (κ2) is 6.03. The van der Waals surface area contributed by atoms with Gasteiger partial charge in [-0.1, -0.05) is 30.1 Å². The van der Waals surface area contributed by atoms with Gasteiger partial charge in [0.2, 0.25) is 0 Å². The molecule has 1 saturated carbocycles. The lowest BCUT2D eigenvalue weighted by molar-refractivity contribution is 0.0894. The van der Waals surface area contributed by atoms with Crippen molar-refractivity contribution in [1.29, 1.82) is 5.26 Å². The van der Waals surface area contributed by atoms with Gasteiger partial charge in [-0.05, 0) is 49.8 Å². The van der Waals surface area contributed by atoms with Crippen molar-refractivity contribution in [3.63, 3.8) is 0 Å². The maximum absolute atomic E-state index is 12.3. The summed E-state index contributed by atoms with van der Waals surface area (Å²) in [6, 6.07) is 6.99. The van der Waals surface area contributed by atoms with E-state index in [9.17, 15) is 10.1 Å². The first-order valence-corrected chi connectivity index (χ1v) is 7.40. The molecule has 20 heavy (non-hydrogen) atoms. The molecule has 3 nitrogen and oxygen atoms in total. The number of nitrogens with zero attached hydrogens (tertiary/aromatic N) is 1. The van der Waals surface area contributed by atoms with E-state index in [-0.39, 0.29) is 5.91 Å². The quantitative estimate of drug-likeness (QED) is 0.890. The lowest BCUT2D eigenvalue weighted by atomic mass is 9.78. The Bertz CT molecular complexity index is 557. The van der Waals surface area contributed by atoms with Crippen LogP contribution in [-0.2, 0) is 0 Å². The number of nitriles is 1. The summed E-state index contributed by atoms with van der Waals surface area (Å²) in [5.74, 6) is 0.287. The lowest BCUT2D eigenvalue weighted by Gasteiger charge is -2.34. The van der Waals surface area contributed by atoms with E-state index in [0.29, 0.717) is 34.4 Å². The van der Waals surface area contributed by atoms with Gasteiger partial charge < -0.3 is 5.32 Å². The highest BCUT2D eigenvalue weighted by Gasteiger charge is 2.36. The third kappa shape index (κ3) is 3.26. The Hall–Kier alpha value is -1.24. The van der Waals surface area contributed by atoms with Gasteiger partial charge in [-0.25, -0.2) is 0 Å². The molecule has 0 radical (unpaired) electrons. The van der Waals surface area contributed by atoms with Gasteiger partial charge in [0, 0.05) is 5.02 Å². The Kier molecular flexibility index (Phi) is 4.57. The third-order valence-electron chi connectivity index (χ3n) is 3.87. The summed E-state index contributed by atoms with van der Waals surface area (Å²) in [7, 11) is 0. The van der Waals surface area contributed by atoms with Crippen LogP contribution in [0.2, 0.25) is 10.0 Å². The molecule has 1 fully saturated rings. The molecule has 1 amide bonds. The van der Waals surface area contributed by atoms with Crippen LogP contribution < -0.4 is 5.32 Å². The molecule has 1 N–H and O–H groups in total. The summed E-state index contributed by atoms with van der Waals surface area (Å²) in [5, 5.41) is 13.0. The molecule has 106 valence electrons. The number of hydrogen-bond acceptors (Lipinski definition) is 2. The highest BCUT2D eigenvalue weighted by molar-refractivity contribution is 6.36. The second-order valence-electron chi connectivity index (χ2n) is 5.45. The maximum Gasteiger partial charge on any atom is 0.254 e. The van der Waals surface area contributed by atoms with Crippen molar-refractivity contribution in [3.05, 3.63) is 33.8 Å². The van der Waals surface area contributed by atoms with Gasteiger partial charge in [-0.3, -0.25) is 4.79 Å². The second-order valence-corrected chi connectivity index (χ2v) is 6.30. The fraction of sp³-hybridized carbons (Fsp3) is 0.467. The number of carbonyl (C=O) groups excluding carboxylic acids is 1. The largest absolute Gasteiger partial charge is 0.334 e. The third-order valence-corrected chi connectivity index (χ3v) is 4.42. The van der Waals surface area contributed by atoms with Crippen LogP contribution in [0.25, 0.3) is 0 Å². The normalized spacial score (nSPS) is 25.8. The molecular formula is C15H16Cl2N2O. The van der Waals surface area contributed by atoms with Crippen molar-refractivity contribution >= 4 is 29.1 Å². The fourth-order valence-corrected chi connectivity index (χ4v) is 2.97. The first-order valence-electron chi connectivity index (χ1n) is 6.64. The highest BCUT2D eigenvalue weighted by atomic mass is 35.5. The number of rotatable bonds is 2. The van der Waals surface area contributed by atoms with Crippen molar-refractivity contribution in [1.82, 2.24) is 5.32 Å². The van der Waals surface area contributed by atoms with Gasteiger partial charge in [-0.15, -0.1) is 0 Å². The summed E-state index contributed by atoms with van der Waals surface area (Å²) in [6.07, 6.45) is 3.26. The summed E-state index contributed by atoms with van der Waals surface area (Å²) in [5.41, 5.74) is -0.420. The van der Waals surface area contributed by atoms with Gasteiger partial charge in [0.05, 0.1) is 16.7 Å². The molecule has 0 heterocycles.